The van der Waals surface area contributed by atoms with Crippen molar-refractivity contribution in [2.45, 2.75) is 6.92 Å². The van der Waals surface area contributed by atoms with E-state index in [-0.39, 0.29) is 37.6 Å². The molecular weight excluding hydrogens is 119 g/mol. The molecule has 0 aliphatic carbocycles. The van der Waals surface area contributed by atoms with E-state index in [1.807, 2.05) is 0 Å². The zero-order valence-electron chi connectivity index (χ0n) is 6.01. The number of rotatable bonds is 2. The van der Waals surface area contributed by atoms with Crippen molar-refractivity contribution in [2.75, 3.05) is 6.61 Å². The molecule has 0 radical (unpaired) electrons. The Labute approximate surface area is 71.2 Å². The number of ether oxygens (including phenoxy) is 1. The molecule has 0 fully saturated rings. The second-order valence-electron chi connectivity index (χ2n) is 0.969. The average Bonchev–Trinajstić information content (AvgIpc) is 1.61. The third-order valence-electron chi connectivity index (χ3n) is 0.355. The maximum absolute atomic E-state index is 9.82. The van der Waals surface area contributed by atoms with E-state index in [2.05, 4.69) is 4.74 Å². The quantitative estimate of drug-likeness (QED) is 0.223. The summed E-state index contributed by atoms with van der Waals surface area (Å²) in [5.74, 6) is -0.424. The molecule has 0 N–H and O–H groups in total. The predicted octanol–water partition coefficient (Wildman–Crippen LogP) is -3.14. The summed E-state index contributed by atoms with van der Waals surface area (Å²) in [6.07, 6.45) is 0.529. The maximum atomic E-state index is 9.82. The number of hydrogen-bond acceptors (Lipinski definition) is 3. The normalized spacial score (nSPS) is 6.62. The molecule has 0 saturated heterocycles. The molecule has 0 unspecified atom stereocenters. The van der Waals surface area contributed by atoms with Crippen molar-refractivity contribution >= 4 is 12.3 Å². The molecule has 0 heterocycles. The monoisotopic (exact) mass is 126 g/mol. The van der Waals surface area contributed by atoms with Gasteiger partial charge in [-0.3, -0.25) is 9.59 Å². The molecule has 4 heteroatoms. The minimum Gasteiger partial charge on any atom is -1.00 e. The minimum absolute atomic E-state index is 0. The minimum atomic E-state index is -0.424. The number of carbonyl (C=O) groups excluding carboxylic acids is 2. The van der Waals surface area contributed by atoms with Crippen LogP contribution in [0, 0.1) is 0 Å². The van der Waals surface area contributed by atoms with Gasteiger partial charge in [0.1, 0.15) is 6.61 Å². The van der Waals surface area contributed by atoms with E-state index in [9.17, 15) is 9.59 Å². The number of esters is 1. The zero-order valence-corrected chi connectivity index (χ0v) is 7.01. The van der Waals surface area contributed by atoms with Crippen LogP contribution in [0.2, 0.25) is 0 Å². The van der Waals surface area contributed by atoms with Gasteiger partial charge >= 0.3 is 35.5 Å². The Morgan fingerprint density at radius 1 is 1.88 bits per heavy atom. The summed E-state index contributed by atoms with van der Waals surface area (Å²) in [7, 11) is 0. The Morgan fingerprint density at radius 2 is 2.38 bits per heavy atom. The van der Waals surface area contributed by atoms with E-state index < -0.39 is 5.97 Å². The largest absolute Gasteiger partial charge is 1.00 e. The molecule has 0 amide bonds. The summed E-state index contributed by atoms with van der Waals surface area (Å²) in [4.78, 5) is 19.3. The second kappa shape index (κ2) is 7.14. The van der Waals surface area contributed by atoms with Crippen LogP contribution in [0.15, 0.2) is 0 Å². The van der Waals surface area contributed by atoms with Gasteiger partial charge in [0.05, 0.1) is 0 Å². The Morgan fingerprint density at radius 3 is 2.50 bits per heavy atom. The first-order valence-corrected chi connectivity index (χ1v) is 1.84. The van der Waals surface area contributed by atoms with E-state index in [1.54, 1.807) is 0 Å². The van der Waals surface area contributed by atoms with Gasteiger partial charge in [0.25, 0.3) is 0 Å². The third kappa shape index (κ3) is 9.46. The van der Waals surface area contributed by atoms with Crippen LogP contribution in [0.5, 0.6) is 0 Å². The molecule has 8 heavy (non-hydrogen) atoms. The van der Waals surface area contributed by atoms with Gasteiger partial charge in [-0.1, -0.05) is 0 Å². The first kappa shape index (κ1) is 11.0. The molecule has 0 spiro atoms. The molecule has 42 valence electrons. The number of aldehydes is 1. The maximum Gasteiger partial charge on any atom is 1.00 e. The summed E-state index contributed by atoms with van der Waals surface area (Å²) >= 11 is 0. The second-order valence-corrected chi connectivity index (χ2v) is 0.969. The van der Waals surface area contributed by atoms with Crippen LogP contribution in [0.1, 0.15) is 8.35 Å². The Hall–Kier alpha value is 0.140. The molecule has 0 saturated carbocycles. The van der Waals surface area contributed by atoms with Crippen molar-refractivity contribution in [3.8, 4) is 0 Å². The Balaban J connectivity index is -0.000000180. The van der Waals surface area contributed by atoms with Gasteiger partial charge in [-0.15, -0.1) is 0 Å². The molecular formula is C4H7NaO3. The van der Waals surface area contributed by atoms with Gasteiger partial charge in [-0.05, 0) is 0 Å². The molecule has 0 atom stereocenters. The molecule has 0 aromatic carbocycles. The van der Waals surface area contributed by atoms with Crippen molar-refractivity contribution in [1.82, 2.24) is 0 Å². The molecule has 0 rings (SSSR count). The molecule has 0 aromatic heterocycles. The van der Waals surface area contributed by atoms with E-state index >= 15 is 0 Å². The van der Waals surface area contributed by atoms with Gasteiger partial charge in [-0.2, -0.15) is 0 Å². The van der Waals surface area contributed by atoms with Crippen molar-refractivity contribution < 1.29 is 45.3 Å². The number of hydrogen-bond donors (Lipinski definition) is 0. The molecule has 0 aliphatic heterocycles. The van der Waals surface area contributed by atoms with Crippen LogP contribution in [0.4, 0.5) is 0 Å². The zero-order chi connectivity index (χ0) is 5.70. The topological polar surface area (TPSA) is 43.4 Å². The fraction of sp³-hybridized carbons (Fsp3) is 0.500. The van der Waals surface area contributed by atoms with Crippen molar-refractivity contribution in [1.29, 1.82) is 0 Å². The van der Waals surface area contributed by atoms with Gasteiger partial charge < -0.3 is 6.16 Å². The average molecular weight is 126 g/mol. The van der Waals surface area contributed by atoms with Crippen molar-refractivity contribution in [2.24, 2.45) is 0 Å². The van der Waals surface area contributed by atoms with E-state index in [1.165, 1.54) is 6.92 Å². The van der Waals surface area contributed by atoms with Crippen LogP contribution >= 0.6 is 0 Å². The Kier molecular flexibility index (Phi) is 9.82. The summed E-state index contributed by atoms with van der Waals surface area (Å²) in [5.41, 5.74) is 0. The van der Waals surface area contributed by atoms with E-state index in [0.29, 0.717) is 6.29 Å². The number of carbonyl (C=O) groups is 2. The van der Waals surface area contributed by atoms with Gasteiger partial charge in [-0.25, -0.2) is 0 Å². The van der Waals surface area contributed by atoms with Crippen LogP contribution in [0.3, 0.4) is 0 Å². The van der Waals surface area contributed by atoms with E-state index in [4.69, 9.17) is 0 Å². The first-order chi connectivity index (χ1) is 3.27. The van der Waals surface area contributed by atoms with Crippen LogP contribution in [0.25, 0.3) is 0 Å². The molecule has 3 nitrogen and oxygen atoms in total. The fourth-order valence-electron chi connectivity index (χ4n) is 0.151. The summed E-state index contributed by atoms with van der Waals surface area (Å²) in [6.45, 7) is 1.12. The van der Waals surface area contributed by atoms with Gasteiger partial charge in [0.2, 0.25) is 0 Å². The predicted molar refractivity (Wildman–Crippen MR) is 23.8 cm³/mol. The van der Waals surface area contributed by atoms with Crippen LogP contribution in [-0.2, 0) is 14.3 Å². The smallest absolute Gasteiger partial charge is 1.00 e. The Bertz CT molecular complexity index is 85.9. The van der Waals surface area contributed by atoms with Gasteiger partial charge in [0.15, 0.2) is 6.29 Å². The fourth-order valence-corrected chi connectivity index (χ4v) is 0.151. The molecule has 0 bridgehead atoms. The SMILES string of the molecule is CC(=O)OCC=O.[H-].[Na+]. The molecule has 0 aliphatic rings. The van der Waals surface area contributed by atoms with Crippen molar-refractivity contribution in [3.63, 3.8) is 0 Å². The third-order valence-corrected chi connectivity index (χ3v) is 0.355. The summed E-state index contributed by atoms with van der Waals surface area (Å²) < 4.78 is 4.18. The van der Waals surface area contributed by atoms with E-state index in [0.717, 1.165) is 0 Å². The molecule has 0 aromatic rings. The summed E-state index contributed by atoms with van der Waals surface area (Å²) in [5, 5.41) is 0. The first-order valence-electron chi connectivity index (χ1n) is 1.84. The summed E-state index contributed by atoms with van der Waals surface area (Å²) in [6, 6.07) is 0. The van der Waals surface area contributed by atoms with Crippen LogP contribution in [-0.4, -0.2) is 18.9 Å². The van der Waals surface area contributed by atoms with Crippen LogP contribution < -0.4 is 29.6 Å². The standard InChI is InChI=1S/C4H6O3.Na.H/c1-4(6)7-3-2-5;;/h2H,3H2,1H3;;/q;+1;-1. The van der Waals surface area contributed by atoms with Crippen molar-refractivity contribution in [3.05, 3.63) is 0 Å². The van der Waals surface area contributed by atoms with Gasteiger partial charge in [0, 0.05) is 6.92 Å².